The second kappa shape index (κ2) is 6.69. The molecule has 0 radical (unpaired) electrons. The fourth-order valence-electron chi connectivity index (χ4n) is 3.03. The van der Waals surface area contributed by atoms with Gasteiger partial charge >= 0.3 is 0 Å². The summed E-state index contributed by atoms with van der Waals surface area (Å²) in [4.78, 5) is 13.6. The number of amides is 1. The van der Waals surface area contributed by atoms with Crippen molar-refractivity contribution in [1.29, 1.82) is 0 Å². The average Bonchev–Trinajstić information content (AvgIpc) is 3.32. The molecule has 0 fully saturated rings. The Kier molecular flexibility index (Phi) is 4.22. The van der Waals surface area contributed by atoms with Crippen LogP contribution < -0.4 is 5.43 Å². The summed E-state index contributed by atoms with van der Waals surface area (Å²) < 4.78 is 0. The van der Waals surface area contributed by atoms with Crippen LogP contribution in [0.5, 0.6) is 5.75 Å². The molecule has 4 rings (SSSR count). The average molecular weight is 362 g/mol. The van der Waals surface area contributed by atoms with Gasteiger partial charge in [0.25, 0.3) is 5.91 Å². The minimum atomic E-state index is -0.387. The molecule has 26 heavy (non-hydrogen) atoms. The zero-order valence-electron chi connectivity index (χ0n) is 14.2. The molecule has 1 aromatic heterocycles. The van der Waals surface area contributed by atoms with E-state index in [1.807, 2.05) is 60.8 Å². The number of phenols is 1. The predicted molar refractivity (Wildman–Crippen MR) is 104 cm³/mol. The molecule has 1 unspecified atom stereocenters. The third kappa shape index (κ3) is 2.97. The summed E-state index contributed by atoms with van der Waals surface area (Å²) in [6.07, 6.45) is 1.98. The van der Waals surface area contributed by atoms with Gasteiger partial charge in [-0.05, 0) is 36.1 Å². The molecule has 0 spiro atoms. The zero-order chi connectivity index (χ0) is 18.1. The number of thiophene rings is 1. The molecule has 1 atom stereocenters. The first-order valence-electron chi connectivity index (χ1n) is 8.34. The summed E-state index contributed by atoms with van der Waals surface area (Å²) in [5.74, 6) is 0.0521. The van der Waals surface area contributed by atoms with Gasteiger partial charge in [0, 0.05) is 5.56 Å². The smallest absolute Gasteiger partial charge is 0.283 e. The third-order valence-electron chi connectivity index (χ3n) is 4.41. The Bertz CT molecular complexity index is 962. The Balaban J connectivity index is 1.75. The Morgan fingerprint density at radius 3 is 2.54 bits per heavy atom. The number of hydrogen-bond donors (Lipinski definition) is 2. The van der Waals surface area contributed by atoms with Crippen LogP contribution in [0.25, 0.3) is 5.70 Å². The highest BCUT2D eigenvalue weighted by Crippen LogP contribution is 2.36. The van der Waals surface area contributed by atoms with E-state index in [2.05, 4.69) is 5.43 Å². The monoisotopic (exact) mass is 362 g/mol. The molecule has 2 heterocycles. The van der Waals surface area contributed by atoms with E-state index in [1.54, 1.807) is 23.2 Å². The first-order chi connectivity index (χ1) is 12.6. The summed E-state index contributed by atoms with van der Waals surface area (Å²) >= 11 is 1.40. The van der Waals surface area contributed by atoms with E-state index < -0.39 is 0 Å². The molecular formula is C21H18N2O2S. The van der Waals surface area contributed by atoms with Crippen molar-refractivity contribution in [3.05, 3.63) is 93.7 Å². The summed E-state index contributed by atoms with van der Waals surface area (Å²) in [5.41, 5.74) is 6.94. The van der Waals surface area contributed by atoms with Gasteiger partial charge in [-0.2, -0.15) is 0 Å². The number of para-hydroxylation sites is 1. The maximum absolute atomic E-state index is 13.0. The standard InChI is InChI=1S/C21H18N2O2S/c1-14-8-10-15(11-9-14)17-13-18(16-5-2-3-6-19(16)24)23(22-17)21(25)20-7-4-12-26-20/h2-13,18,22,24H,1H3. The molecule has 4 nitrogen and oxygen atoms in total. The largest absolute Gasteiger partial charge is 0.508 e. The molecule has 1 amide bonds. The third-order valence-corrected chi connectivity index (χ3v) is 5.27. The van der Waals surface area contributed by atoms with Gasteiger partial charge in [0.1, 0.15) is 11.8 Å². The second-order valence-corrected chi connectivity index (χ2v) is 7.16. The maximum atomic E-state index is 13.0. The number of aromatic hydroxyl groups is 1. The fraction of sp³-hybridized carbons (Fsp3) is 0.0952. The Labute approximate surface area is 156 Å². The van der Waals surface area contributed by atoms with Crippen LogP contribution >= 0.6 is 11.3 Å². The van der Waals surface area contributed by atoms with Crippen LogP contribution in [0.15, 0.2) is 72.1 Å². The van der Waals surface area contributed by atoms with Crippen molar-refractivity contribution in [3.8, 4) is 5.75 Å². The van der Waals surface area contributed by atoms with Gasteiger partial charge in [-0.15, -0.1) is 11.3 Å². The quantitative estimate of drug-likeness (QED) is 0.721. The molecule has 1 aliphatic rings. The van der Waals surface area contributed by atoms with Crippen LogP contribution in [0.3, 0.4) is 0 Å². The molecule has 2 aromatic carbocycles. The molecule has 130 valence electrons. The van der Waals surface area contributed by atoms with Crippen LogP contribution in [0, 0.1) is 6.92 Å². The van der Waals surface area contributed by atoms with Crippen molar-refractivity contribution in [2.75, 3.05) is 0 Å². The van der Waals surface area contributed by atoms with Crippen LogP contribution in [0.4, 0.5) is 0 Å². The Morgan fingerprint density at radius 1 is 1.08 bits per heavy atom. The van der Waals surface area contributed by atoms with E-state index in [-0.39, 0.29) is 17.7 Å². The number of nitrogens with zero attached hydrogens (tertiary/aromatic N) is 1. The highest BCUT2D eigenvalue weighted by molar-refractivity contribution is 7.12. The number of benzene rings is 2. The number of carbonyl (C=O) groups is 1. The molecule has 0 saturated heterocycles. The number of hydrogen-bond acceptors (Lipinski definition) is 4. The van der Waals surface area contributed by atoms with Crippen LogP contribution in [-0.2, 0) is 0 Å². The van der Waals surface area contributed by atoms with Crippen molar-refractivity contribution in [1.82, 2.24) is 10.4 Å². The second-order valence-electron chi connectivity index (χ2n) is 6.21. The first-order valence-corrected chi connectivity index (χ1v) is 9.22. The molecule has 0 aliphatic carbocycles. The van der Waals surface area contributed by atoms with E-state index in [0.717, 1.165) is 11.3 Å². The Hall–Kier alpha value is -3.05. The highest BCUT2D eigenvalue weighted by Gasteiger charge is 2.33. The number of rotatable bonds is 3. The summed E-state index contributed by atoms with van der Waals surface area (Å²) in [6.45, 7) is 2.04. The number of carbonyl (C=O) groups excluding carboxylic acids is 1. The molecule has 5 heteroatoms. The van der Waals surface area contributed by atoms with Crippen molar-refractivity contribution >= 4 is 22.9 Å². The molecule has 0 bridgehead atoms. The molecule has 0 saturated carbocycles. The summed E-state index contributed by atoms with van der Waals surface area (Å²) in [5, 5.41) is 13.8. The van der Waals surface area contributed by atoms with Gasteiger partial charge in [-0.25, -0.2) is 5.01 Å². The number of aryl methyl sites for hydroxylation is 1. The van der Waals surface area contributed by atoms with Crippen LogP contribution in [-0.4, -0.2) is 16.0 Å². The van der Waals surface area contributed by atoms with Crippen LogP contribution in [0.2, 0.25) is 0 Å². The van der Waals surface area contributed by atoms with Crippen molar-refractivity contribution in [2.45, 2.75) is 13.0 Å². The molecular weight excluding hydrogens is 344 g/mol. The van der Waals surface area contributed by atoms with Crippen molar-refractivity contribution < 1.29 is 9.90 Å². The van der Waals surface area contributed by atoms with Gasteiger partial charge in [-0.3, -0.25) is 10.2 Å². The number of phenolic OH excluding ortho intramolecular Hbond substituents is 1. The minimum absolute atomic E-state index is 0.119. The van der Waals surface area contributed by atoms with E-state index in [4.69, 9.17) is 0 Å². The normalized spacial score (nSPS) is 16.3. The minimum Gasteiger partial charge on any atom is -0.508 e. The lowest BCUT2D eigenvalue weighted by molar-refractivity contribution is 0.0676. The maximum Gasteiger partial charge on any atom is 0.283 e. The predicted octanol–water partition coefficient (Wildman–Crippen LogP) is 4.50. The van der Waals surface area contributed by atoms with Gasteiger partial charge in [0.2, 0.25) is 0 Å². The van der Waals surface area contributed by atoms with E-state index >= 15 is 0 Å². The van der Waals surface area contributed by atoms with E-state index in [0.29, 0.717) is 10.4 Å². The van der Waals surface area contributed by atoms with E-state index in [9.17, 15) is 9.90 Å². The topological polar surface area (TPSA) is 52.6 Å². The summed E-state index contributed by atoms with van der Waals surface area (Å²) in [7, 11) is 0. The highest BCUT2D eigenvalue weighted by atomic mass is 32.1. The molecule has 2 N–H and O–H groups in total. The van der Waals surface area contributed by atoms with Crippen molar-refractivity contribution in [3.63, 3.8) is 0 Å². The van der Waals surface area contributed by atoms with Gasteiger partial charge in [0.05, 0.1) is 10.6 Å². The Morgan fingerprint density at radius 2 is 1.85 bits per heavy atom. The summed E-state index contributed by atoms with van der Waals surface area (Å²) in [6, 6.07) is 18.5. The molecule has 1 aliphatic heterocycles. The lowest BCUT2D eigenvalue weighted by Gasteiger charge is -2.25. The SMILES string of the molecule is Cc1ccc(C2=CC(c3ccccc3O)N(C(=O)c3cccs3)N2)cc1. The van der Waals surface area contributed by atoms with Gasteiger partial charge in [0.15, 0.2) is 0 Å². The van der Waals surface area contributed by atoms with Crippen LogP contribution in [0.1, 0.15) is 32.4 Å². The van der Waals surface area contributed by atoms with Gasteiger partial charge < -0.3 is 5.11 Å². The van der Waals surface area contributed by atoms with E-state index in [1.165, 1.54) is 16.9 Å². The lowest BCUT2D eigenvalue weighted by atomic mass is 10.0. The van der Waals surface area contributed by atoms with Gasteiger partial charge in [-0.1, -0.05) is 54.1 Å². The first kappa shape index (κ1) is 16.4. The molecule has 3 aromatic rings. The fourth-order valence-corrected chi connectivity index (χ4v) is 3.69. The lowest BCUT2D eigenvalue weighted by Crippen LogP contribution is -2.39. The number of nitrogens with one attached hydrogen (secondary N) is 1. The van der Waals surface area contributed by atoms with Crippen molar-refractivity contribution in [2.24, 2.45) is 0 Å². The zero-order valence-corrected chi connectivity index (χ0v) is 15.0. The number of hydrazine groups is 1.